The maximum absolute atomic E-state index is 4.10. The number of rotatable bonds is 4. The molecule has 0 fully saturated rings. The number of halogens is 2. The van der Waals surface area contributed by atoms with Crippen LogP contribution in [0.2, 0.25) is 0 Å². The van der Waals surface area contributed by atoms with E-state index < -0.39 is 0 Å². The van der Waals surface area contributed by atoms with Crippen LogP contribution in [-0.2, 0) is 13.0 Å². The number of hydrogen-bond acceptors (Lipinski definition) is 2. The van der Waals surface area contributed by atoms with Gasteiger partial charge in [-0.3, -0.25) is 0 Å². The first-order valence-corrected chi connectivity index (χ1v) is 7.17. The van der Waals surface area contributed by atoms with Crippen molar-refractivity contribution in [1.82, 2.24) is 15.0 Å². The van der Waals surface area contributed by atoms with Crippen molar-refractivity contribution in [2.24, 2.45) is 0 Å². The zero-order valence-electron chi connectivity index (χ0n) is 8.61. The van der Waals surface area contributed by atoms with Crippen LogP contribution in [0.15, 0.2) is 30.5 Å². The maximum Gasteiger partial charge on any atom is 0.0835 e. The van der Waals surface area contributed by atoms with E-state index in [1.807, 2.05) is 10.9 Å². The lowest BCUT2D eigenvalue weighted by atomic mass is 10.2. The third-order valence-corrected chi connectivity index (χ3v) is 3.31. The summed E-state index contributed by atoms with van der Waals surface area (Å²) in [4.78, 5) is 0. The number of benzene rings is 1. The summed E-state index contributed by atoms with van der Waals surface area (Å²) in [5, 5.41) is 9.12. The summed E-state index contributed by atoms with van der Waals surface area (Å²) in [6, 6.07) is 8.44. The number of alkyl halides is 1. The molecule has 0 saturated heterocycles. The largest absolute Gasteiger partial charge is 0.248 e. The molecule has 1 aromatic heterocycles. The third kappa shape index (κ3) is 3.28. The lowest BCUT2D eigenvalue weighted by Gasteiger charge is -2.00. The quantitative estimate of drug-likeness (QED) is 0.592. The molecule has 0 bridgehead atoms. The van der Waals surface area contributed by atoms with E-state index in [0.717, 1.165) is 24.0 Å². The van der Waals surface area contributed by atoms with E-state index in [0.29, 0.717) is 0 Å². The van der Waals surface area contributed by atoms with Gasteiger partial charge in [0, 0.05) is 21.5 Å². The standard InChI is InChI=1S/C11H11BrIN3/c12-6-5-11-8-16(15-14-11)7-9-1-3-10(13)4-2-9/h1-4,8H,5-7H2. The van der Waals surface area contributed by atoms with Crippen LogP contribution in [-0.4, -0.2) is 20.3 Å². The molecule has 1 heterocycles. The van der Waals surface area contributed by atoms with E-state index in [-0.39, 0.29) is 0 Å². The molecule has 0 aliphatic rings. The van der Waals surface area contributed by atoms with Crippen LogP contribution in [0.5, 0.6) is 0 Å². The summed E-state index contributed by atoms with van der Waals surface area (Å²) >= 11 is 5.69. The minimum absolute atomic E-state index is 0.784. The first-order chi connectivity index (χ1) is 7.78. The molecule has 2 aromatic rings. The maximum atomic E-state index is 4.10. The van der Waals surface area contributed by atoms with Crippen molar-refractivity contribution < 1.29 is 0 Å². The average molecular weight is 392 g/mol. The smallest absolute Gasteiger partial charge is 0.0835 e. The topological polar surface area (TPSA) is 30.7 Å². The first-order valence-electron chi connectivity index (χ1n) is 4.97. The minimum atomic E-state index is 0.784. The van der Waals surface area contributed by atoms with Crippen molar-refractivity contribution in [3.8, 4) is 0 Å². The fourth-order valence-corrected chi connectivity index (χ4v) is 2.17. The van der Waals surface area contributed by atoms with Gasteiger partial charge in [-0.1, -0.05) is 33.3 Å². The van der Waals surface area contributed by atoms with Crippen molar-refractivity contribution in [1.29, 1.82) is 0 Å². The van der Waals surface area contributed by atoms with Crippen LogP contribution in [0, 0.1) is 3.57 Å². The third-order valence-electron chi connectivity index (χ3n) is 2.19. The molecule has 16 heavy (non-hydrogen) atoms. The van der Waals surface area contributed by atoms with E-state index in [4.69, 9.17) is 0 Å². The molecular formula is C11H11BrIN3. The van der Waals surface area contributed by atoms with Gasteiger partial charge in [-0.25, -0.2) is 4.68 Å². The molecule has 1 aromatic carbocycles. The summed E-state index contributed by atoms with van der Waals surface area (Å²) in [7, 11) is 0. The normalized spacial score (nSPS) is 10.6. The molecule has 0 spiro atoms. The van der Waals surface area contributed by atoms with E-state index in [9.17, 15) is 0 Å². The highest BCUT2D eigenvalue weighted by atomic mass is 127. The van der Waals surface area contributed by atoms with E-state index in [1.54, 1.807) is 0 Å². The highest BCUT2D eigenvalue weighted by Crippen LogP contribution is 2.08. The van der Waals surface area contributed by atoms with Gasteiger partial charge in [0.25, 0.3) is 0 Å². The van der Waals surface area contributed by atoms with Gasteiger partial charge in [-0.2, -0.15) is 0 Å². The van der Waals surface area contributed by atoms with Gasteiger partial charge in [0.05, 0.1) is 12.2 Å². The first kappa shape index (κ1) is 12.0. The second-order valence-corrected chi connectivity index (χ2v) is 5.51. The summed E-state index contributed by atoms with van der Waals surface area (Å²) in [5.41, 5.74) is 2.28. The Hall–Kier alpha value is -0.430. The predicted octanol–water partition coefficient (Wildman–Crippen LogP) is 2.87. The Balaban J connectivity index is 2.05. The lowest BCUT2D eigenvalue weighted by Crippen LogP contribution is -2.00. The Morgan fingerprint density at radius 2 is 2.00 bits per heavy atom. The lowest BCUT2D eigenvalue weighted by molar-refractivity contribution is 0.649. The van der Waals surface area contributed by atoms with E-state index in [1.165, 1.54) is 9.13 Å². The molecule has 0 aliphatic carbocycles. The molecule has 0 N–H and O–H groups in total. The number of aryl methyl sites for hydroxylation is 1. The summed E-state index contributed by atoms with van der Waals surface area (Å²) in [6.07, 6.45) is 2.92. The number of nitrogens with zero attached hydrogens (tertiary/aromatic N) is 3. The van der Waals surface area contributed by atoms with Crippen LogP contribution < -0.4 is 0 Å². The molecule has 0 saturated carbocycles. The minimum Gasteiger partial charge on any atom is -0.248 e. The Morgan fingerprint density at radius 3 is 2.69 bits per heavy atom. The predicted molar refractivity (Wildman–Crippen MR) is 75.8 cm³/mol. The Kier molecular flexibility index (Phi) is 4.34. The summed E-state index contributed by atoms with van der Waals surface area (Å²) in [6.45, 7) is 0.784. The van der Waals surface area contributed by atoms with Crippen molar-refractivity contribution in [3.63, 3.8) is 0 Å². The average Bonchev–Trinajstić information content (AvgIpc) is 2.70. The van der Waals surface area contributed by atoms with Gasteiger partial charge < -0.3 is 0 Å². The van der Waals surface area contributed by atoms with Crippen molar-refractivity contribution in [2.45, 2.75) is 13.0 Å². The fourth-order valence-electron chi connectivity index (χ4n) is 1.40. The van der Waals surface area contributed by atoms with Crippen molar-refractivity contribution >= 4 is 38.5 Å². The molecule has 0 aliphatic heterocycles. The Bertz CT molecular complexity index is 453. The summed E-state index contributed by atoms with van der Waals surface area (Å²) < 4.78 is 3.13. The monoisotopic (exact) mass is 391 g/mol. The fraction of sp³-hybridized carbons (Fsp3) is 0.273. The highest BCUT2D eigenvalue weighted by molar-refractivity contribution is 14.1. The molecule has 0 amide bonds. The van der Waals surface area contributed by atoms with Gasteiger partial charge in [-0.15, -0.1) is 5.10 Å². The highest BCUT2D eigenvalue weighted by Gasteiger charge is 2.00. The second-order valence-electron chi connectivity index (χ2n) is 3.47. The van der Waals surface area contributed by atoms with Crippen LogP contribution in [0.4, 0.5) is 0 Å². The van der Waals surface area contributed by atoms with E-state index in [2.05, 4.69) is 73.1 Å². The van der Waals surface area contributed by atoms with Crippen LogP contribution in [0.3, 0.4) is 0 Å². The zero-order chi connectivity index (χ0) is 11.4. The molecule has 2 rings (SSSR count). The van der Waals surface area contributed by atoms with E-state index >= 15 is 0 Å². The molecule has 0 atom stereocenters. The van der Waals surface area contributed by atoms with Crippen LogP contribution in [0.1, 0.15) is 11.3 Å². The van der Waals surface area contributed by atoms with Crippen molar-refractivity contribution in [3.05, 3.63) is 45.3 Å². The number of aromatic nitrogens is 3. The second kappa shape index (κ2) is 5.77. The van der Waals surface area contributed by atoms with Crippen LogP contribution >= 0.6 is 38.5 Å². The number of hydrogen-bond donors (Lipinski definition) is 0. The summed E-state index contributed by atoms with van der Waals surface area (Å²) in [5.74, 6) is 0. The molecule has 5 heteroatoms. The van der Waals surface area contributed by atoms with Gasteiger partial charge >= 0.3 is 0 Å². The molecule has 0 unspecified atom stereocenters. The van der Waals surface area contributed by atoms with Gasteiger partial charge in [0.15, 0.2) is 0 Å². The van der Waals surface area contributed by atoms with Gasteiger partial charge in [0.2, 0.25) is 0 Å². The molecule has 0 radical (unpaired) electrons. The Labute approximate surface area is 117 Å². The Morgan fingerprint density at radius 1 is 1.25 bits per heavy atom. The van der Waals surface area contributed by atoms with Gasteiger partial charge in [-0.05, 0) is 40.3 Å². The van der Waals surface area contributed by atoms with Crippen LogP contribution in [0.25, 0.3) is 0 Å². The molecule has 3 nitrogen and oxygen atoms in total. The SMILES string of the molecule is BrCCc1cn(Cc2ccc(I)cc2)nn1. The zero-order valence-corrected chi connectivity index (χ0v) is 12.3. The van der Waals surface area contributed by atoms with Crippen molar-refractivity contribution in [2.75, 3.05) is 5.33 Å². The molecular weight excluding hydrogens is 381 g/mol. The molecule has 84 valence electrons. The van der Waals surface area contributed by atoms with Gasteiger partial charge in [0.1, 0.15) is 0 Å².